The maximum Gasteiger partial charge on any atom is 0.310 e. The Morgan fingerprint density at radius 3 is 2.67 bits per heavy atom. The molecular weight excluding hydrogens is 512 g/mol. The number of aliphatic hydroxyl groups is 1. The molecule has 8 heteroatoms. The van der Waals surface area contributed by atoms with E-state index in [9.17, 15) is 19.5 Å². The minimum Gasteiger partial charge on any atom is -0.465 e. The molecule has 2 bridgehead atoms. The van der Waals surface area contributed by atoms with E-state index in [4.69, 9.17) is 4.74 Å². The summed E-state index contributed by atoms with van der Waals surface area (Å²) < 4.78 is 4.91. The molecule has 1 N–H and O–H groups in total. The highest BCUT2D eigenvalue weighted by Crippen LogP contribution is 2.67. The van der Waals surface area contributed by atoms with Crippen LogP contribution in [0.3, 0.4) is 0 Å². The smallest absolute Gasteiger partial charge is 0.310 e. The van der Waals surface area contributed by atoms with E-state index in [2.05, 4.69) is 13.2 Å². The van der Waals surface area contributed by atoms with Crippen molar-refractivity contribution in [2.75, 3.05) is 24.7 Å². The second-order valence-electron chi connectivity index (χ2n) is 11.4. The third-order valence-electron chi connectivity index (χ3n) is 8.59. The van der Waals surface area contributed by atoms with E-state index in [1.165, 1.54) is 0 Å². The molecule has 1 spiro atoms. The molecule has 4 rings (SSSR count). The number of ether oxygens (including phenoxy) is 1. The van der Waals surface area contributed by atoms with Crippen LogP contribution in [0.2, 0.25) is 0 Å². The first-order valence-electron chi connectivity index (χ1n) is 14.0. The van der Waals surface area contributed by atoms with Crippen molar-refractivity contribution in [3.63, 3.8) is 0 Å². The third kappa shape index (κ3) is 5.06. The van der Waals surface area contributed by atoms with E-state index in [-0.39, 0.29) is 48.7 Å². The highest BCUT2D eigenvalue weighted by atomic mass is 32.2. The van der Waals surface area contributed by atoms with Crippen LogP contribution in [-0.4, -0.2) is 69.6 Å². The predicted molar refractivity (Wildman–Crippen MR) is 156 cm³/mol. The monoisotopic (exact) mass is 554 g/mol. The van der Waals surface area contributed by atoms with Gasteiger partial charge in [0.05, 0.1) is 35.8 Å². The molecule has 212 valence electrons. The van der Waals surface area contributed by atoms with Crippen LogP contribution >= 0.6 is 11.8 Å². The van der Waals surface area contributed by atoms with Gasteiger partial charge >= 0.3 is 5.97 Å². The van der Waals surface area contributed by atoms with Gasteiger partial charge in [-0.25, -0.2) is 0 Å². The number of amides is 2. The lowest BCUT2D eigenvalue weighted by Crippen LogP contribution is -2.58. The number of rotatable bonds is 12. The molecule has 0 aliphatic carbocycles. The van der Waals surface area contributed by atoms with Crippen molar-refractivity contribution in [1.82, 2.24) is 4.90 Å². The summed E-state index contributed by atoms with van der Waals surface area (Å²) in [6, 6.07) is 4.64. The summed E-state index contributed by atoms with van der Waals surface area (Å²) >= 11 is 1.62. The number of hydrogen-bond acceptors (Lipinski definition) is 6. The topological polar surface area (TPSA) is 87.1 Å². The Morgan fingerprint density at radius 2 is 2.03 bits per heavy atom. The number of hydrogen-bond donors (Lipinski definition) is 1. The van der Waals surface area contributed by atoms with Crippen LogP contribution in [0.15, 0.2) is 43.5 Å². The predicted octanol–water partition coefficient (Wildman–Crippen LogP) is 4.44. The van der Waals surface area contributed by atoms with Crippen LogP contribution in [0, 0.1) is 31.6 Å². The summed E-state index contributed by atoms with van der Waals surface area (Å²) in [6.07, 6.45) is 6.33. The number of nitrogens with zero attached hydrogens (tertiary/aromatic N) is 2. The number of carbonyl (C=O) groups excluding carboxylic acids is 3. The lowest BCUT2D eigenvalue weighted by atomic mass is 9.71. The molecule has 39 heavy (non-hydrogen) atoms. The summed E-state index contributed by atoms with van der Waals surface area (Å²) in [4.78, 5) is 45.8. The highest BCUT2D eigenvalue weighted by Gasteiger charge is 2.75. The maximum absolute atomic E-state index is 14.7. The number of thioether (sulfide) groups is 1. The number of esters is 1. The fourth-order valence-electron chi connectivity index (χ4n) is 6.71. The molecular formula is C31H42N2O5S. The van der Waals surface area contributed by atoms with Gasteiger partial charge < -0.3 is 19.6 Å². The van der Waals surface area contributed by atoms with Crippen molar-refractivity contribution < 1.29 is 24.2 Å². The van der Waals surface area contributed by atoms with E-state index < -0.39 is 28.7 Å². The first-order chi connectivity index (χ1) is 18.6. The molecule has 2 amide bonds. The molecule has 3 saturated heterocycles. The van der Waals surface area contributed by atoms with Crippen LogP contribution in [-0.2, 0) is 19.1 Å². The zero-order chi connectivity index (χ0) is 28.5. The molecule has 3 heterocycles. The number of fused-ring (bicyclic) bond motifs is 1. The average molecular weight is 555 g/mol. The first-order valence-corrected chi connectivity index (χ1v) is 14.9. The van der Waals surface area contributed by atoms with Gasteiger partial charge in [0.1, 0.15) is 6.04 Å². The van der Waals surface area contributed by atoms with Crippen LogP contribution in [0.5, 0.6) is 0 Å². The zero-order valence-electron chi connectivity index (χ0n) is 23.6. The Balaban J connectivity index is 1.78. The van der Waals surface area contributed by atoms with E-state index in [1.54, 1.807) is 33.7 Å². The Morgan fingerprint density at radius 1 is 1.28 bits per heavy atom. The van der Waals surface area contributed by atoms with Gasteiger partial charge in [0, 0.05) is 17.5 Å². The number of benzene rings is 1. The van der Waals surface area contributed by atoms with Crippen molar-refractivity contribution in [3.05, 3.63) is 54.6 Å². The van der Waals surface area contributed by atoms with Gasteiger partial charge in [-0.15, -0.1) is 24.9 Å². The fourth-order valence-corrected chi connectivity index (χ4v) is 8.89. The molecule has 1 aromatic carbocycles. The third-order valence-corrected chi connectivity index (χ3v) is 10.5. The molecule has 0 saturated carbocycles. The van der Waals surface area contributed by atoms with Gasteiger partial charge in [0.25, 0.3) is 5.91 Å². The summed E-state index contributed by atoms with van der Waals surface area (Å²) in [5, 5.41) is 10.4. The second kappa shape index (κ2) is 11.9. The van der Waals surface area contributed by atoms with E-state index >= 15 is 0 Å². The molecule has 0 radical (unpaired) electrons. The Bertz CT molecular complexity index is 1140. The molecule has 3 fully saturated rings. The van der Waals surface area contributed by atoms with E-state index in [0.29, 0.717) is 12.8 Å². The van der Waals surface area contributed by atoms with Crippen molar-refractivity contribution in [2.45, 2.75) is 75.5 Å². The number of aliphatic hydroxyl groups excluding tert-OH is 1. The second-order valence-corrected chi connectivity index (χ2v) is 13.0. The summed E-state index contributed by atoms with van der Waals surface area (Å²) in [7, 11) is 0. The van der Waals surface area contributed by atoms with Crippen molar-refractivity contribution in [3.8, 4) is 0 Å². The average Bonchev–Trinajstić information content (AvgIpc) is 3.54. The van der Waals surface area contributed by atoms with Gasteiger partial charge in [-0.1, -0.05) is 38.1 Å². The number of likely N-dealkylation sites (tertiary alicyclic amines) is 1. The number of allylic oxidation sites excluding steroid dienone is 1. The molecule has 1 aromatic rings. The Hall–Kier alpha value is -2.58. The molecule has 3 aliphatic rings. The van der Waals surface area contributed by atoms with Crippen LogP contribution in [0.25, 0.3) is 0 Å². The SMILES string of the molecule is C=CCCCOC(=O)[C@@H]1[C@H]2C(=O)N([C@@H](CO)C(C)C)C(C(=O)N(CC=C)c3cc(C)ccc3C)C23CC[C@H]1S3. The van der Waals surface area contributed by atoms with Crippen LogP contribution in [0.4, 0.5) is 5.69 Å². The minimum absolute atomic E-state index is 0.0662. The van der Waals surface area contributed by atoms with Gasteiger partial charge in [-0.2, -0.15) is 0 Å². The highest BCUT2D eigenvalue weighted by molar-refractivity contribution is 8.02. The Labute approximate surface area is 236 Å². The van der Waals surface area contributed by atoms with Gasteiger partial charge in [-0.3, -0.25) is 14.4 Å². The number of aryl methyl sites for hydroxylation is 2. The quantitative estimate of drug-likeness (QED) is 0.234. The normalized spacial score (nSPS) is 27.9. The number of anilines is 1. The van der Waals surface area contributed by atoms with Gasteiger partial charge in [-0.05, 0) is 62.6 Å². The molecule has 0 aromatic heterocycles. The lowest BCUT2D eigenvalue weighted by Gasteiger charge is -2.41. The summed E-state index contributed by atoms with van der Waals surface area (Å²) in [6.45, 7) is 15.8. The molecule has 7 nitrogen and oxygen atoms in total. The van der Waals surface area contributed by atoms with Gasteiger partial charge in [0.15, 0.2) is 0 Å². The number of unbranched alkanes of at least 4 members (excludes halogenated alkanes) is 1. The van der Waals surface area contributed by atoms with E-state index in [0.717, 1.165) is 29.7 Å². The summed E-state index contributed by atoms with van der Waals surface area (Å²) in [5.74, 6) is -2.09. The van der Waals surface area contributed by atoms with Crippen LogP contribution in [0.1, 0.15) is 50.7 Å². The maximum atomic E-state index is 14.7. The van der Waals surface area contributed by atoms with Crippen molar-refractivity contribution in [2.24, 2.45) is 17.8 Å². The van der Waals surface area contributed by atoms with Crippen LogP contribution < -0.4 is 4.90 Å². The Kier molecular flexibility index (Phi) is 8.96. The van der Waals surface area contributed by atoms with Gasteiger partial charge in [0.2, 0.25) is 5.91 Å². The van der Waals surface area contributed by atoms with Crippen molar-refractivity contribution >= 4 is 35.2 Å². The molecule has 6 atom stereocenters. The standard InChI is InChI=1S/C31H42N2O5S/c1-7-9-10-16-38-30(37)25-24-13-14-31(39-24)26(25)28(35)33(23(18-34)19(3)4)27(31)29(36)32(15-8-2)22-17-20(5)11-12-21(22)6/h7-8,11-12,17,19,23-27,34H,1-2,9-10,13-16,18H2,3-6H3/t23-,24+,25-,26-,27?,31?/m0/s1. The zero-order valence-corrected chi connectivity index (χ0v) is 24.4. The minimum atomic E-state index is -0.803. The first kappa shape index (κ1) is 29.4. The molecule has 2 unspecified atom stereocenters. The largest absolute Gasteiger partial charge is 0.465 e. The van der Waals surface area contributed by atoms with E-state index in [1.807, 2.05) is 45.9 Å². The fraction of sp³-hybridized carbons (Fsp3) is 0.581. The lowest BCUT2D eigenvalue weighted by molar-refractivity contribution is -0.154. The number of carbonyl (C=O) groups is 3. The molecule has 3 aliphatic heterocycles. The van der Waals surface area contributed by atoms with Crippen molar-refractivity contribution in [1.29, 1.82) is 0 Å². The summed E-state index contributed by atoms with van der Waals surface area (Å²) in [5.41, 5.74) is 2.76.